The molecule has 3 aromatic rings. The molecule has 0 saturated carbocycles. The first kappa shape index (κ1) is 24.5. The van der Waals surface area contributed by atoms with E-state index in [1.807, 2.05) is 6.07 Å². The first-order valence-electron chi connectivity index (χ1n) is 12.6. The summed E-state index contributed by atoms with van der Waals surface area (Å²) >= 11 is 0. The average Bonchev–Trinajstić information content (AvgIpc) is 2.94. The molecule has 0 aliphatic carbocycles. The summed E-state index contributed by atoms with van der Waals surface area (Å²) in [5.74, 6) is 2.81. The van der Waals surface area contributed by atoms with E-state index in [0.717, 1.165) is 60.4 Å². The minimum absolute atomic E-state index is 0.0440. The van der Waals surface area contributed by atoms with Crippen LogP contribution in [0.1, 0.15) is 43.2 Å². The second-order valence-electron chi connectivity index (χ2n) is 9.19. The summed E-state index contributed by atoms with van der Waals surface area (Å²) in [4.78, 5) is 0. The second kappa shape index (κ2) is 10.8. The summed E-state index contributed by atoms with van der Waals surface area (Å²) in [6.07, 6.45) is 7.37. The molecule has 1 unspecified atom stereocenters. The van der Waals surface area contributed by atoms with Gasteiger partial charge in [0.1, 0.15) is 0 Å². The van der Waals surface area contributed by atoms with Crippen LogP contribution in [0.2, 0.25) is 0 Å². The van der Waals surface area contributed by atoms with E-state index < -0.39 is 0 Å². The largest absolute Gasteiger partial charge is 0.493 e. The van der Waals surface area contributed by atoms with Crippen molar-refractivity contribution in [1.82, 2.24) is 5.32 Å². The van der Waals surface area contributed by atoms with Crippen molar-refractivity contribution < 1.29 is 28.4 Å². The highest BCUT2D eigenvalue weighted by molar-refractivity contribution is 6.14. The minimum Gasteiger partial charge on any atom is -0.493 e. The van der Waals surface area contributed by atoms with Crippen molar-refractivity contribution in [2.75, 3.05) is 41.7 Å². The van der Waals surface area contributed by atoms with E-state index >= 15 is 0 Å². The van der Waals surface area contributed by atoms with Gasteiger partial charge in [-0.05, 0) is 95.1 Å². The van der Waals surface area contributed by atoms with Gasteiger partial charge in [-0.1, -0.05) is 0 Å². The fourth-order valence-electron chi connectivity index (χ4n) is 5.25. The Morgan fingerprint density at radius 3 is 2.03 bits per heavy atom. The molecule has 2 aliphatic rings. The maximum atomic E-state index is 5.94. The van der Waals surface area contributed by atoms with Crippen molar-refractivity contribution in [3.05, 3.63) is 41.1 Å². The Hall–Kier alpha value is -3.16. The molecule has 2 heterocycles. The fraction of sp³-hybridized carbons (Fsp3) is 0.448. The van der Waals surface area contributed by atoms with Gasteiger partial charge in [-0.3, -0.25) is 0 Å². The van der Waals surface area contributed by atoms with Crippen molar-refractivity contribution in [3.63, 3.8) is 0 Å². The Morgan fingerprint density at radius 2 is 1.42 bits per heavy atom. The SMILES string of the molecule is COc1cc2c3c(c4cc(OC)c(OC)cc4c2cc1OC)CNC(CCCOC1CCCCO1)=C3. The van der Waals surface area contributed by atoms with Gasteiger partial charge >= 0.3 is 0 Å². The number of benzene rings is 3. The van der Waals surface area contributed by atoms with Gasteiger partial charge in [0.25, 0.3) is 0 Å². The van der Waals surface area contributed by atoms with E-state index in [0.29, 0.717) is 29.6 Å². The molecular formula is C29H35NO6. The van der Waals surface area contributed by atoms with E-state index in [-0.39, 0.29) is 6.29 Å². The topological polar surface area (TPSA) is 67.4 Å². The number of rotatable bonds is 9. The molecular weight excluding hydrogens is 458 g/mol. The molecule has 1 atom stereocenters. The van der Waals surface area contributed by atoms with E-state index in [1.54, 1.807) is 28.4 Å². The van der Waals surface area contributed by atoms with Crippen molar-refractivity contribution in [2.24, 2.45) is 0 Å². The van der Waals surface area contributed by atoms with E-state index in [2.05, 4.69) is 29.6 Å². The van der Waals surface area contributed by atoms with Gasteiger partial charge in [0.2, 0.25) is 0 Å². The zero-order valence-electron chi connectivity index (χ0n) is 21.6. The smallest absolute Gasteiger partial charge is 0.161 e. The van der Waals surface area contributed by atoms with Crippen molar-refractivity contribution >= 4 is 27.6 Å². The van der Waals surface area contributed by atoms with Crippen LogP contribution in [0.15, 0.2) is 30.0 Å². The minimum atomic E-state index is -0.0440. The molecule has 36 heavy (non-hydrogen) atoms. The molecule has 0 aromatic heterocycles. The van der Waals surface area contributed by atoms with Gasteiger partial charge in [0, 0.05) is 18.8 Å². The van der Waals surface area contributed by atoms with Gasteiger partial charge in [-0.25, -0.2) is 0 Å². The lowest BCUT2D eigenvalue weighted by molar-refractivity contribution is -0.162. The molecule has 0 spiro atoms. The zero-order chi connectivity index (χ0) is 25.1. The van der Waals surface area contributed by atoms with Gasteiger partial charge in [0.15, 0.2) is 29.3 Å². The third kappa shape index (κ3) is 4.65. The van der Waals surface area contributed by atoms with Crippen LogP contribution in [0.25, 0.3) is 27.6 Å². The standard InChI is InChI=1S/C29H35NO6/c1-31-25-13-20-19-12-18(8-7-11-36-29-9-5-6-10-35-29)30-17-24(19)23-16-28(34-4)27(33-3)15-22(23)21(20)14-26(25)32-2/h12-16,29-30H,5-11,17H2,1-4H3. The Kier molecular flexibility index (Phi) is 7.39. The molecule has 0 radical (unpaired) electrons. The lowest BCUT2D eigenvalue weighted by Gasteiger charge is -2.25. The average molecular weight is 494 g/mol. The first-order valence-corrected chi connectivity index (χ1v) is 12.6. The highest BCUT2D eigenvalue weighted by Crippen LogP contribution is 2.44. The van der Waals surface area contributed by atoms with Crippen LogP contribution in [-0.2, 0) is 16.0 Å². The van der Waals surface area contributed by atoms with Gasteiger partial charge in [-0.15, -0.1) is 0 Å². The molecule has 192 valence electrons. The summed E-state index contributed by atoms with van der Waals surface area (Å²) in [5.41, 5.74) is 3.61. The zero-order valence-corrected chi connectivity index (χ0v) is 21.6. The molecule has 0 bridgehead atoms. The van der Waals surface area contributed by atoms with Gasteiger partial charge in [-0.2, -0.15) is 0 Å². The van der Waals surface area contributed by atoms with Crippen molar-refractivity contribution in [2.45, 2.75) is 44.9 Å². The summed E-state index contributed by atoms with van der Waals surface area (Å²) in [5, 5.41) is 8.05. The molecule has 1 saturated heterocycles. The number of hydrogen-bond donors (Lipinski definition) is 1. The molecule has 0 amide bonds. The molecule has 7 nitrogen and oxygen atoms in total. The van der Waals surface area contributed by atoms with E-state index in [4.69, 9.17) is 28.4 Å². The maximum absolute atomic E-state index is 5.94. The molecule has 1 N–H and O–H groups in total. The number of hydrogen-bond acceptors (Lipinski definition) is 7. The number of fused-ring (bicyclic) bond motifs is 6. The Bertz CT molecular complexity index is 1280. The third-order valence-corrected chi connectivity index (χ3v) is 7.12. The third-order valence-electron chi connectivity index (χ3n) is 7.12. The van der Waals surface area contributed by atoms with E-state index in [1.165, 1.54) is 23.2 Å². The lowest BCUT2D eigenvalue weighted by Crippen LogP contribution is -2.23. The normalized spacial score (nSPS) is 17.3. The molecule has 5 rings (SSSR count). The van der Waals surface area contributed by atoms with E-state index in [9.17, 15) is 0 Å². The van der Waals surface area contributed by atoms with Crippen LogP contribution in [0.4, 0.5) is 0 Å². The first-order chi connectivity index (χ1) is 17.7. The van der Waals surface area contributed by atoms with Crippen molar-refractivity contribution in [1.29, 1.82) is 0 Å². The fourth-order valence-corrected chi connectivity index (χ4v) is 5.25. The maximum Gasteiger partial charge on any atom is 0.161 e. The summed E-state index contributed by atoms with van der Waals surface area (Å²) in [7, 11) is 6.66. The number of ether oxygens (including phenoxy) is 6. The predicted octanol–water partition coefficient (Wildman–Crippen LogP) is 5.79. The quantitative estimate of drug-likeness (QED) is 0.299. The Balaban J connectivity index is 1.54. The molecule has 2 aliphatic heterocycles. The number of allylic oxidation sites excluding steroid dienone is 1. The summed E-state index contributed by atoms with van der Waals surface area (Å²) in [6.45, 7) is 2.22. The highest BCUT2D eigenvalue weighted by Gasteiger charge is 2.22. The Morgan fingerprint density at radius 1 is 0.806 bits per heavy atom. The summed E-state index contributed by atoms with van der Waals surface area (Å²) < 4.78 is 34.2. The van der Waals surface area contributed by atoms with Crippen LogP contribution in [0, 0.1) is 0 Å². The van der Waals surface area contributed by atoms with Crippen LogP contribution >= 0.6 is 0 Å². The van der Waals surface area contributed by atoms with Crippen LogP contribution < -0.4 is 24.3 Å². The molecule has 3 aromatic carbocycles. The van der Waals surface area contributed by atoms with Crippen LogP contribution in [0.3, 0.4) is 0 Å². The highest BCUT2D eigenvalue weighted by atomic mass is 16.7. The number of nitrogens with one attached hydrogen (secondary N) is 1. The van der Waals surface area contributed by atoms with Crippen LogP contribution in [0.5, 0.6) is 23.0 Å². The van der Waals surface area contributed by atoms with Crippen molar-refractivity contribution in [3.8, 4) is 23.0 Å². The molecule has 1 fully saturated rings. The Labute approximate surface area is 212 Å². The summed E-state index contributed by atoms with van der Waals surface area (Å²) in [6, 6.07) is 8.25. The number of methoxy groups -OCH3 is 4. The second-order valence-corrected chi connectivity index (χ2v) is 9.19. The van der Waals surface area contributed by atoms with Gasteiger partial charge in [0.05, 0.1) is 35.0 Å². The van der Waals surface area contributed by atoms with Gasteiger partial charge < -0.3 is 33.7 Å². The molecule has 7 heteroatoms. The lowest BCUT2D eigenvalue weighted by atomic mass is 9.88. The van der Waals surface area contributed by atoms with Crippen LogP contribution in [-0.4, -0.2) is 47.9 Å². The predicted molar refractivity (Wildman–Crippen MR) is 141 cm³/mol. The monoisotopic (exact) mass is 493 g/mol.